The highest BCUT2D eigenvalue weighted by atomic mass is 32.2. The van der Waals surface area contributed by atoms with Gasteiger partial charge in [-0.25, -0.2) is 13.4 Å². The number of nitrogens with zero attached hydrogens (tertiary/aromatic N) is 2. The Labute approximate surface area is 177 Å². The van der Waals surface area contributed by atoms with Crippen molar-refractivity contribution in [3.63, 3.8) is 0 Å². The fourth-order valence-corrected chi connectivity index (χ4v) is 4.33. The average molecular weight is 445 g/mol. The zero-order chi connectivity index (χ0) is 22.4. The third kappa shape index (κ3) is 4.13. The lowest BCUT2D eigenvalue weighted by Gasteiger charge is -2.13. The van der Waals surface area contributed by atoms with Gasteiger partial charge in [0, 0.05) is 18.0 Å². The van der Waals surface area contributed by atoms with Gasteiger partial charge in [-0.15, -0.1) is 0 Å². The normalized spacial score (nSPS) is 12.3. The van der Waals surface area contributed by atoms with E-state index >= 15 is 0 Å². The minimum absolute atomic E-state index is 0.256. The van der Waals surface area contributed by atoms with Gasteiger partial charge in [0.15, 0.2) is 0 Å². The monoisotopic (exact) mass is 445 g/mol. The van der Waals surface area contributed by atoms with Crippen LogP contribution in [0, 0.1) is 13.8 Å². The Kier molecular flexibility index (Phi) is 5.01. The van der Waals surface area contributed by atoms with E-state index in [-0.39, 0.29) is 4.90 Å². The van der Waals surface area contributed by atoms with Crippen molar-refractivity contribution in [3.8, 4) is 11.3 Å². The van der Waals surface area contributed by atoms with E-state index in [1.807, 2.05) is 41.9 Å². The van der Waals surface area contributed by atoms with E-state index in [0.717, 1.165) is 35.5 Å². The Bertz CT molecular complexity index is 1380. The van der Waals surface area contributed by atoms with Gasteiger partial charge in [-0.3, -0.25) is 4.72 Å². The van der Waals surface area contributed by atoms with Crippen LogP contribution in [-0.4, -0.2) is 17.8 Å². The van der Waals surface area contributed by atoms with E-state index in [2.05, 4.69) is 9.71 Å². The first-order valence-electron chi connectivity index (χ1n) is 9.30. The third-order valence-corrected chi connectivity index (χ3v) is 6.33. The molecule has 2 aromatic heterocycles. The molecule has 0 saturated carbocycles. The van der Waals surface area contributed by atoms with Gasteiger partial charge in [0.05, 0.1) is 21.8 Å². The quantitative estimate of drug-likeness (QED) is 0.455. The molecule has 2 heterocycles. The SMILES string of the molecule is Cc1ccc(-c2cn3cccc(C)c3n2)cc1NS(=O)(=O)c1ccc(C(F)(F)F)cc1. The maximum absolute atomic E-state index is 12.8. The van der Waals surface area contributed by atoms with Gasteiger partial charge in [-0.05, 0) is 61.4 Å². The summed E-state index contributed by atoms with van der Waals surface area (Å²) in [6.07, 6.45) is -0.810. The Hall–Kier alpha value is -3.33. The first-order valence-corrected chi connectivity index (χ1v) is 10.8. The minimum Gasteiger partial charge on any atom is -0.306 e. The number of pyridine rings is 1. The summed E-state index contributed by atoms with van der Waals surface area (Å²) in [5, 5.41) is 0. The Morgan fingerprint density at radius 1 is 0.968 bits per heavy atom. The lowest BCUT2D eigenvalue weighted by Crippen LogP contribution is -2.14. The first kappa shape index (κ1) is 20.9. The highest BCUT2D eigenvalue weighted by Gasteiger charge is 2.30. The molecule has 9 heteroatoms. The molecule has 0 fully saturated rings. The summed E-state index contributed by atoms with van der Waals surface area (Å²) in [4.78, 5) is 4.36. The zero-order valence-electron chi connectivity index (χ0n) is 16.6. The molecule has 4 aromatic rings. The lowest BCUT2D eigenvalue weighted by atomic mass is 10.1. The van der Waals surface area contributed by atoms with Crippen LogP contribution in [0.4, 0.5) is 18.9 Å². The molecule has 0 amide bonds. The second kappa shape index (κ2) is 7.42. The number of anilines is 1. The number of aromatic nitrogens is 2. The van der Waals surface area contributed by atoms with Crippen LogP contribution in [0.5, 0.6) is 0 Å². The van der Waals surface area contributed by atoms with Crippen molar-refractivity contribution < 1.29 is 21.6 Å². The predicted molar refractivity (Wildman–Crippen MR) is 112 cm³/mol. The number of imidazole rings is 1. The zero-order valence-corrected chi connectivity index (χ0v) is 17.4. The van der Waals surface area contributed by atoms with E-state index in [1.54, 1.807) is 19.1 Å². The fourth-order valence-electron chi connectivity index (χ4n) is 3.21. The van der Waals surface area contributed by atoms with E-state index in [4.69, 9.17) is 0 Å². The van der Waals surface area contributed by atoms with Crippen molar-refractivity contribution in [3.05, 3.63) is 83.7 Å². The van der Waals surface area contributed by atoms with E-state index in [1.165, 1.54) is 0 Å². The van der Waals surface area contributed by atoms with Gasteiger partial charge < -0.3 is 4.40 Å². The van der Waals surface area contributed by atoms with Crippen molar-refractivity contribution >= 4 is 21.4 Å². The van der Waals surface area contributed by atoms with Crippen LogP contribution in [0.15, 0.2) is 71.9 Å². The molecule has 0 aliphatic carbocycles. The lowest BCUT2D eigenvalue weighted by molar-refractivity contribution is -0.137. The van der Waals surface area contributed by atoms with Crippen LogP contribution in [-0.2, 0) is 16.2 Å². The molecule has 0 radical (unpaired) electrons. The average Bonchev–Trinajstić information content (AvgIpc) is 3.15. The Balaban J connectivity index is 1.67. The molecule has 1 N–H and O–H groups in total. The number of benzene rings is 2. The summed E-state index contributed by atoms with van der Waals surface area (Å²) < 4.78 is 68.1. The number of nitrogens with one attached hydrogen (secondary N) is 1. The number of rotatable bonds is 4. The first-order chi connectivity index (χ1) is 14.5. The molecule has 0 saturated heterocycles. The number of sulfonamides is 1. The summed E-state index contributed by atoms with van der Waals surface area (Å²) >= 11 is 0. The minimum atomic E-state index is -4.53. The third-order valence-electron chi connectivity index (χ3n) is 4.95. The fraction of sp³-hybridized carbons (Fsp3) is 0.136. The molecule has 160 valence electrons. The predicted octanol–water partition coefficient (Wildman–Crippen LogP) is 5.44. The molecular formula is C22H18F3N3O2S. The summed E-state index contributed by atoms with van der Waals surface area (Å²) in [5.74, 6) is 0. The number of halogens is 3. The van der Waals surface area contributed by atoms with Crippen molar-refractivity contribution in [2.75, 3.05) is 4.72 Å². The van der Waals surface area contributed by atoms with Crippen molar-refractivity contribution in [1.82, 2.24) is 9.38 Å². The number of hydrogen-bond donors (Lipinski definition) is 1. The summed E-state index contributed by atoms with van der Waals surface area (Å²) in [6, 6.07) is 12.5. The van der Waals surface area contributed by atoms with Crippen LogP contribution in [0.25, 0.3) is 16.9 Å². The highest BCUT2D eigenvalue weighted by molar-refractivity contribution is 7.92. The van der Waals surface area contributed by atoms with Gasteiger partial charge in [-0.1, -0.05) is 18.2 Å². The summed E-state index contributed by atoms with van der Waals surface area (Å²) in [6.45, 7) is 3.69. The maximum atomic E-state index is 12.8. The Morgan fingerprint density at radius 2 is 1.68 bits per heavy atom. The van der Waals surface area contributed by atoms with Gasteiger partial charge in [-0.2, -0.15) is 13.2 Å². The smallest absolute Gasteiger partial charge is 0.306 e. The molecule has 5 nitrogen and oxygen atoms in total. The molecular weight excluding hydrogens is 427 g/mol. The molecule has 0 atom stereocenters. The van der Waals surface area contributed by atoms with Gasteiger partial charge in [0.25, 0.3) is 10.0 Å². The van der Waals surface area contributed by atoms with Gasteiger partial charge in [0.1, 0.15) is 5.65 Å². The Morgan fingerprint density at radius 3 is 2.32 bits per heavy atom. The molecule has 0 spiro atoms. The van der Waals surface area contributed by atoms with Crippen LogP contribution in [0.1, 0.15) is 16.7 Å². The van der Waals surface area contributed by atoms with Crippen LogP contribution < -0.4 is 4.72 Å². The molecule has 0 unspecified atom stereocenters. The second-order valence-corrected chi connectivity index (χ2v) is 8.89. The number of hydrogen-bond acceptors (Lipinski definition) is 3. The van der Waals surface area contributed by atoms with E-state index in [9.17, 15) is 21.6 Å². The second-order valence-electron chi connectivity index (χ2n) is 7.21. The summed E-state index contributed by atoms with van der Waals surface area (Å²) in [5.41, 5.74) is 3.26. The molecule has 31 heavy (non-hydrogen) atoms. The molecule has 0 aliphatic rings. The van der Waals surface area contributed by atoms with Crippen LogP contribution in [0.2, 0.25) is 0 Å². The number of aryl methyl sites for hydroxylation is 2. The number of fused-ring (bicyclic) bond motifs is 1. The standard InChI is InChI=1S/C22H18F3N3O2S/c1-14-5-6-16(20-13-28-11-3-4-15(2)21(28)26-20)12-19(14)27-31(29,30)18-9-7-17(8-10-18)22(23,24)25/h3-13,27H,1-2H3. The molecule has 0 bridgehead atoms. The molecule has 4 rings (SSSR count). The van der Waals surface area contributed by atoms with Crippen LogP contribution in [0.3, 0.4) is 0 Å². The topological polar surface area (TPSA) is 63.5 Å². The van der Waals surface area contributed by atoms with E-state index in [0.29, 0.717) is 22.5 Å². The van der Waals surface area contributed by atoms with E-state index < -0.39 is 21.8 Å². The van der Waals surface area contributed by atoms with Crippen molar-refractivity contribution in [1.29, 1.82) is 0 Å². The largest absolute Gasteiger partial charge is 0.416 e. The number of alkyl halides is 3. The van der Waals surface area contributed by atoms with Crippen LogP contribution >= 0.6 is 0 Å². The maximum Gasteiger partial charge on any atom is 0.416 e. The summed E-state index contributed by atoms with van der Waals surface area (Å²) in [7, 11) is -4.07. The van der Waals surface area contributed by atoms with Crippen molar-refractivity contribution in [2.45, 2.75) is 24.9 Å². The molecule has 2 aromatic carbocycles. The van der Waals surface area contributed by atoms with Gasteiger partial charge in [0.2, 0.25) is 0 Å². The molecule has 0 aliphatic heterocycles. The van der Waals surface area contributed by atoms with Crippen molar-refractivity contribution in [2.24, 2.45) is 0 Å². The van der Waals surface area contributed by atoms with Gasteiger partial charge >= 0.3 is 6.18 Å². The highest BCUT2D eigenvalue weighted by Crippen LogP contribution is 2.31.